The van der Waals surface area contributed by atoms with Crippen LogP contribution in [0.15, 0.2) is 53.3 Å². The Bertz CT molecular complexity index is 1080. The molecule has 0 aliphatic carbocycles. The maximum absolute atomic E-state index is 13.2. The predicted octanol–water partition coefficient (Wildman–Crippen LogP) is 3.40. The lowest BCUT2D eigenvalue weighted by Crippen LogP contribution is -2.32. The van der Waals surface area contributed by atoms with E-state index in [4.69, 9.17) is 4.74 Å². The fourth-order valence-electron chi connectivity index (χ4n) is 2.84. The number of halogens is 1. The molecule has 162 valence electrons. The first-order chi connectivity index (χ1) is 14.9. The summed E-state index contributed by atoms with van der Waals surface area (Å²) in [6.45, 7) is 4.16. The summed E-state index contributed by atoms with van der Waals surface area (Å²) in [7, 11) is 0. The second kappa shape index (κ2) is 10.5. The molecule has 0 aliphatic rings. The highest BCUT2D eigenvalue weighted by molar-refractivity contribution is 5.76. The van der Waals surface area contributed by atoms with E-state index in [-0.39, 0.29) is 48.5 Å². The van der Waals surface area contributed by atoms with E-state index >= 15 is 0 Å². The number of nitrogens with one attached hydrogen (secondary N) is 2. The number of hydrogen-bond acceptors (Lipinski definition) is 5. The first-order valence-electron chi connectivity index (χ1n) is 10.2. The van der Waals surface area contributed by atoms with Gasteiger partial charge in [0.25, 0.3) is 5.56 Å². The van der Waals surface area contributed by atoms with Crippen LogP contribution >= 0.6 is 0 Å². The van der Waals surface area contributed by atoms with Gasteiger partial charge >= 0.3 is 0 Å². The number of hydrogen-bond donors (Lipinski definition) is 2. The maximum Gasteiger partial charge on any atom is 0.273 e. The van der Waals surface area contributed by atoms with Gasteiger partial charge in [-0.05, 0) is 55.3 Å². The van der Waals surface area contributed by atoms with Gasteiger partial charge < -0.3 is 15.0 Å². The summed E-state index contributed by atoms with van der Waals surface area (Å²) in [5.74, 6) is 0.508. The molecule has 0 saturated heterocycles. The Labute approximate surface area is 179 Å². The van der Waals surface area contributed by atoms with Gasteiger partial charge in [-0.3, -0.25) is 9.59 Å². The number of H-pyrrole nitrogens is 1. The topological polar surface area (TPSA) is 97.0 Å². The van der Waals surface area contributed by atoms with Crippen LogP contribution in [-0.4, -0.2) is 27.1 Å². The number of ether oxygens (including phenoxy) is 1. The maximum atomic E-state index is 13.2. The molecule has 0 fully saturated rings. The minimum absolute atomic E-state index is 0.0973. The molecule has 0 unspecified atom stereocenters. The Morgan fingerprint density at radius 3 is 2.65 bits per heavy atom. The third kappa shape index (κ3) is 6.47. The number of aryl methyl sites for hydroxylation is 1. The number of nitrogens with zero attached hydrogens (tertiary/aromatic N) is 2. The summed E-state index contributed by atoms with van der Waals surface area (Å²) in [6, 6.07) is 13.3. The molecule has 0 aliphatic heterocycles. The van der Waals surface area contributed by atoms with Crippen molar-refractivity contribution in [1.29, 1.82) is 0 Å². The lowest BCUT2D eigenvalue weighted by molar-refractivity contribution is -0.121. The van der Waals surface area contributed by atoms with Gasteiger partial charge in [0.1, 0.15) is 23.9 Å². The molecule has 1 heterocycles. The number of benzene rings is 2. The number of amides is 1. The van der Waals surface area contributed by atoms with Crippen molar-refractivity contribution in [3.8, 4) is 17.1 Å². The van der Waals surface area contributed by atoms with Crippen molar-refractivity contribution in [1.82, 2.24) is 20.5 Å². The van der Waals surface area contributed by atoms with Crippen molar-refractivity contribution < 1.29 is 13.9 Å². The molecule has 31 heavy (non-hydrogen) atoms. The Hall–Kier alpha value is -3.55. The first kappa shape index (κ1) is 22.1. The van der Waals surface area contributed by atoms with Crippen molar-refractivity contribution in [2.24, 2.45) is 0 Å². The smallest absolute Gasteiger partial charge is 0.273 e. The summed E-state index contributed by atoms with van der Waals surface area (Å²) in [6.07, 6.45) is 1.24. The van der Waals surface area contributed by atoms with E-state index in [1.165, 1.54) is 12.1 Å². The predicted molar refractivity (Wildman–Crippen MR) is 115 cm³/mol. The average molecular weight is 424 g/mol. The third-order valence-electron chi connectivity index (χ3n) is 4.80. The van der Waals surface area contributed by atoms with Crippen LogP contribution in [0.3, 0.4) is 0 Å². The van der Waals surface area contributed by atoms with Crippen LogP contribution in [0, 0.1) is 5.82 Å². The minimum Gasteiger partial charge on any atom is -0.489 e. The molecule has 3 rings (SSSR count). The van der Waals surface area contributed by atoms with E-state index in [9.17, 15) is 14.0 Å². The molecule has 2 N–H and O–H groups in total. The number of aromatic nitrogens is 3. The largest absolute Gasteiger partial charge is 0.489 e. The monoisotopic (exact) mass is 424 g/mol. The van der Waals surface area contributed by atoms with Crippen molar-refractivity contribution in [2.75, 3.05) is 0 Å². The Morgan fingerprint density at radius 1 is 1.19 bits per heavy atom. The highest BCUT2D eigenvalue weighted by Gasteiger charge is 2.11. The minimum atomic E-state index is -0.368. The number of carbonyl (C=O) groups is 1. The molecular weight excluding hydrogens is 399 g/mol. The van der Waals surface area contributed by atoms with Crippen molar-refractivity contribution in [2.45, 2.75) is 45.8 Å². The highest BCUT2D eigenvalue weighted by atomic mass is 19.1. The van der Waals surface area contributed by atoms with E-state index in [1.54, 1.807) is 36.4 Å². The summed E-state index contributed by atoms with van der Waals surface area (Å²) < 4.78 is 18.9. The fourth-order valence-corrected chi connectivity index (χ4v) is 2.84. The Kier molecular flexibility index (Phi) is 7.48. The van der Waals surface area contributed by atoms with Crippen molar-refractivity contribution in [3.63, 3.8) is 0 Å². The van der Waals surface area contributed by atoms with Gasteiger partial charge in [-0.25, -0.2) is 4.39 Å². The SMILES string of the molecule is CC[C@H](C)NC(=O)CCc1nnc(-c2ccc(OCc3cccc(F)c3)cc2)[nH]c1=O. The van der Waals surface area contributed by atoms with Crippen LogP contribution in [0.1, 0.15) is 37.9 Å². The van der Waals surface area contributed by atoms with Crippen LogP contribution in [0.25, 0.3) is 11.4 Å². The molecule has 0 saturated carbocycles. The summed E-state index contributed by atoms with van der Waals surface area (Å²) in [4.78, 5) is 26.9. The van der Waals surface area contributed by atoms with E-state index in [2.05, 4.69) is 20.5 Å². The number of rotatable bonds is 9. The van der Waals surface area contributed by atoms with Gasteiger partial charge in [0.2, 0.25) is 5.91 Å². The molecule has 1 atom stereocenters. The zero-order valence-corrected chi connectivity index (χ0v) is 17.5. The van der Waals surface area contributed by atoms with Gasteiger partial charge in [-0.1, -0.05) is 19.1 Å². The number of aromatic amines is 1. The Morgan fingerprint density at radius 2 is 1.97 bits per heavy atom. The quantitative estimate of drug-likeness (QED) is 0.549. The lowest BCUT2D eigenvalue weighted by atomic mass is 10.2. The molecule has 8 heteroatoms. The third-order valence-corrected chi connectivity index (χ3v) is 4.80. The molecular formula is C23H25FN4O3. The zero-order valence-electron chi connectivity index (χ0n) is 17.5. The van der Waals surface area contributed by atoms with Crippen molar-refractivity contribution in [3.05, 3.63) is 76.0 Å². The summed E-state index contributed by atoms with van der Waals surface area (Å²) >= 11 is 0. The second-order valence-electron chi connectivity index (χ2n) is 7.27. The van der Waals surface area contributed by atoms with Crippen LogP contribution in [-0.2, 0) is 17.8 Å². The second-order valence-corrected chi connectivity index (χ2v) is 7.27. The van der Waals surface area contributed by atoms with Crippen molar-refractivity contribution >= 4 is 5.91 Å². The molecule has 2 aromatic carbocycles. The molecule has 0 radical (unpaired) electrons. The van der Waals surface area contributed by atoms with E-state index in [0.29, 0.717) is 17.1 Å². The fraction of sp³-hybridized carbons (Fsp3) is 0.304. The van der Waals surface area contributed by atoms with E-state index < -0.39 is 0 Å². The molecule has 7 nitrogen and oxygen atoms in total. The van der Waals surface area contributed by atoms with E-state index in [1.807, 2.05) is 13.8 Å². The van der Waals surface area contributed by atoms with Crippen LogP contribution in [0.4, 0.5) is 4.39 Å². The molecule has 3 aromatic rings. The van der Waals surface area contributed by atoms with Crippen LogP contribution in [0.5, 0.6) is 5.75 Å². The normalized spacial score (nSPS) is 11.7. The number of carbonyl (C=O) groups excluding carboxylic acids is 1. The zero-order chi connectivity index (χ0) is 22.2. The van der Waals surface area contributed by atoms with Gasteiger partial charge in [0.15, 0.2) is 5.82 Å². The van der Waals surface area contributed by atoms with Gasteiger partial charge in [0, 0.05) is 24.4 Å². The molecule has 1 amide bonds. The standard InChI is InChI=1S/C23H25FN4O3/c1-3-15(2)25-21(29)12-11-20-23(30)26-22(28-27-20)17-7-9-19(10-8-17)31-14-16-5-4-6-18(24)13-16/h4-10,13,15H,3,11-12,14H2,1-2H3,(H,25,29)(H,26,28,30)/t15-/m0/s1. The van der Waals surface area contributed by atoms with Gasteiger partial charge in [-0.2, -0.15) is 0 Å². The summed E-state index contributed by atoms with van der Waals surface area (Å²) in [5, 5.41) is 10.9. The van der Waals surface area contributed by atoms with Crippen LogP contribution in [0.2, 0.25) is 0 Å². The molecule has 0 spiro atoms. The van der Waals surface area contributed by atoms with Gasteiger partial charge in [-0.15, -0.1) is 10.2 Å². The van der Waals surface area contributed by atoms with Crippen LogP contribution < -0.4 is 15.6 Å². The first-order valence-corrected chi connectivity index (χ1v) is 10.2. The lowest BCUT2D eigenvalue weighted by Gasteiger charge is -2.10. The summed E-state index contributed by atoms with van der Waals surface area (Å²) in [5.41, 5.74) is 1.25. The van der Waals surface area contributed by atoms with Gasteiger partial charge in [0.05, 0.1) is 0 Å². The van der Waals surface area contributed by atoms with E-state index in [0.717, 1.165) is 12.0 Å². The molecule has 0 bridgehead atoms. The molecule has 1 aromatic heterocycles. The Balaban J connectivity index is 1.59. The average Bonchev–Trinajstić information content (AvgIpc) is 2.77. The highest BCUT2D eigenvalue weighted by Crippen LogP contribution is 2.19.